The quantitative estimate of drug-likeness (QED) is 0.446. The predicted molar refractivity (Wildman–Crippen MR) is 13.8 cm³/mol. The summed E-state index contributed by atoms with van der Waals surface area (Å²) in [5, 5.41) is 0. The van der Waals surface area contributed by atoms with Crippen LogP contribution in [-0.2, 0) is 52.2 Å². The third kappa shape index (κ3) is 15.7. The summed E-state index contributed by atoms with van der Waals surface area (Å²) in [5.41, 5.74) is 0. The van der Waals surface area contributed by atoms with Gasteiger partial charge in [-0.2, -0.15) is 0 Å². The molecule has 0 unspecified atom stereocenters. The third-order valence-corrected chi connectivity index (χ3v) is 1.47. The van der Waals surface area contributed by atoms with Gasteiger partial charge >= 0.3 is 69.8 Å². The zero-order chi connectivity index (χ0) is 7.21. The van der Waals surface area contributed by atoms with Crippen LogP contribution in [0, 0.1) is 0 Å². The van der Waals surface area contributed by atoms with Crippen molar-refractivity contribution in [3.8, 4) is 0 Å². The van der Waals surface area contributed by atoms with Crippen LogP contribution in [0.5, 0.6) is 0 Å². The number of rotatable bonds is 1. The Hall–Kier alpha value is 1.34. The SMILES string of the molecule is O=P(O)(O)[O][Ti].[O]=[Ti]. The van der Waals surface area contributed by atoms with Crippen molar-refractivity contribution in [3.05, 3.63) is 0 Å². The van der Waals surface area contributed by atoms with Gasteiger partial charge in [0.05, 0.1) is 0 Å². The molecule has 0 aromatic heterocycles. The van der Waals surface area contributed by atoms with Crippen LogP contribution in [0.25, 0.3) is 0 Å². The Morgan fingerprint density at radius 1 is 1.38 bits per heavy atom. The summed E-state index contributed by atoms with van der Waals surface area (Å²) < 4.78 is 21.3. The summed E-state index contributed by atoms with van der Waals surface area (Å²) >= 11 is 1.70. The van der Waals surface area contributed by atoms with Gasteiger partial charge in [0.25, 0.3) is 0 Å². The second kappa shape index (κ2) is 6.46. The van der Waals surface area contributed by atoms with Crippen LogP contribution in [-0.4, -0.2) is 9.79 Å². The Kier molecular flexibility index (Phi) is 9.73. The van der Waals surface area contributed by atoms with Gasteiger partial charge in [0.15, 0.2) is 0 Å². The van der Waals surface area contributed by atoms with E-state index in [0.29, 0.717) is 0 Å². The van der Waals surface area contributed by atoms with Crippen LogP contribution in [0.15, 0.2) is 0 Å². The Morgan fingerprint density at radius 3 is 1.50 bits per heavy atom. The summed E-state index contributed by atoms with van der Waals surface area (Å²) in [5.74, 6) is 0. The first kappa shape index (κ1) is 12.1. The van der Waals surface area contributed by atoms with E-state index in [-0.39, 0.29) is 0 Å². The van der Waals surface area contributed by atoms with E-state index in [1.807, 2.05) is 0 Å². The van der Waals surface area contributed by atoms with E-state index in [2.05, 4.69) is 3.11 Å². The first-order chi connectivity index (χ1) is 3.56. The summed E-state index contributed by atoms with van der Waals surface area (Å²) in [6.45, 7) is 0. The molecular formula is H2O5PTi2. The molecule has 0 amide bonds. The van der Waals surface area contributed by atoms with E-state index < -0.39 is 7.82 Å². The van der Waals surface area contributed by atoms with Crippen molar-refractivity contribution in [1.29, 1.82) is 0 Å². The maximum atomic E-state index is 9.47. The fourth-order valence-corrected chi connectivity index (χ4v) is 0. The Morgan fingerprint density at radius 2 is 1.50 bits per heavy atom. The number of hydrogen-bond donors (Lipinski definition) is 2. The van der Waals surface area contributed by atoms with Crippen LogP contribution >= 0.6 is 7.82 Å². The van der Waals surface area contributed by atoms with E-state index in [1.54, 1.807) is 0 Å². The fourth-order valence-electron chi connectivity index (χ4n) is 0. The van der Waals surface area contributed by atoms with E-state index in [1.165, 1.54) is 0 Å². The predicted octanol–water partition coefficient (Wildman–Crippen LogP) is -0.564. The molecule has 0 atom stereocenters. The van der Waals surface area contributed by atoms with Crippen LogP contribution in [0.4, 0.5) is 0 Å². The molecule has 0 aromatic rings. The van der Waals surface area contributed by atoms with Crippen LogP contribution in [0.1, 0.15) is 0 Å². The monoisotopic (exact) mass is 209 g/mol. The van der Waals surface area contributed by atoms with Gasteiger partial charge < -0.3 is 0 Å². The van der Waals surface area contributed by atoms with E-state index in [0.717, 1.165) is 41.2 Å². The second-order valence-corrected chi connectivity index (χ2v) is 2.60. The van der Waals surface area contributed by atoms with Crippen LogP contribution in [0.2, 0.25) is 0 Å². The van der Waals surface area contributed by atoms with E-state index >= 15 is 0 Å². The van der Waals surface area contributed by atoms with Gasteiger partial charge in [-0.1, -0.05) is 0 Å². The molecule has 0 saturated heterocycles. The third-order valence-electron chi connectivity index (χ3n) is 0.119. The van der Waals surface area contributed by atoms with Gasteiger partial charge in [-0.05, 0) is 0 Å². The molecule has 5 nitrogen and oxygen atoms in total. The molecule has 0 rings (SSSR count). The summed E-state index contributed by atoms with van der Waals surface area (Å²) in [4.78, 5) is 15.4. The topological polar surface area (TPSA) is 83.8 Å². The standard InChI is InChI=1S/H3O4P.O.2Ti/c1-5(2,3)4;;;/h(H3,1,2,3,4);;;/q;;;+1/p-1. The maximum absolute atomic E-state index is 9.47. The molecule has 45 valence electrons. The zero-order valence-electron chi connectivity index (χ0n) is 3.57. The molecule has 0 aliphatic rings. The molecule has 0 saturated carbocycles. The summed E-state index contributed by atoms with van der Waals surface area (Å²) in [7, 11) is -4.15. The zero-order valence-corrected chi connectivity index (χ0v) is 7.58. The van der Waals surface area contributed by atoms with Crippen molar-refractivity contribution in [3.63, 3.8) is 0 Å². The molecule has 0 radical (unpaired) electrons. The summed E-state index contributed by atoms with van der Waals surface area (Å²) in [6, 6.07) is 0. The van der Waals surface area contributed by atoms with Crippen molar-refractivity contribution in [2.45, 2.75) is 0 Å². The number of hydrogen-bond acceptors (Lipinski definition) is 3. The van der Waals surface area contributed by atoms with Crippen LogP contribution < -0.4 is 0 Å². The fraction of sp³-hybridized carbons (Fsp3) is 0. The van der Waals surface area contributed by atoms with Crippen LogP contribution in [0.3, 0.4) is 0 Å². The Bertz CT molecular complexity index is 84.4. The molecule has 0 aliphatic heterocycles. The minimum atomic E-state index is -4.15. The van der Waals surface area contributed by atoms with E-state index in [9.17, 15) is 4.57 Å². The second-order valence-electron chi connectivity index (χ2n) is 0.582. The summed E-state index contributed by atoms with van der Waals surface area (Å²) in [6.07, 6.45) is 0. The van der Waals surface area contributed by atoms with Crippen molar-refractivity contribution < 1.29 is 62.0 Å². The minimum absolute atomic E-state index is 0.750. The molecule has 8 heavy (non-hydrogen) atoms. The van der Waals surface area contributed by atoms with Gasteiger partial charge in [-0.3, -0.25) is 0 Å². The van der Waals surface area contributed by atoms with Gasteiger partial charge in [0, 0.05) is 0 Å². The molecule has 0 bridgehead atoms. The molecule has 2 N–H and O–H groups in total. The first-order valence-corrected chi connectivity index (χ1v) is 3.98. The molecule has 0 aliphatic carbocycles. The average Bonchev–Trinajstić information content (AvgIpc) is 1.71. The van der Waals surface area contributed by atoms with Crippen molar-refractivity contribution in [1.82, 2.24) is 0 Å². The van der Waals surface area contributed by atoms with Gasteiger partial charge in [-0.15, -0.1) is 0 Å². The molecular weight excluding hydrogens is 207 g/mol. The molecule has 0 heterocycles. The average molecular weight is 209 g/mol. The van der Waals surface area contributed by atoms with Crippen molar-refractivity contribution in [2.75, 3.05) is 0 Å². The van der Waals surface area contributed by atoms with E-state index in [4.69, 9.17) is 13.1 Å². The Balaban J connectivity index is 0. The molecule has 0 spiro atoms. The van der Waals surface area contributed by atoms with Crippen molar-refractivity contribution in [2.24, 2.45) is 0 Å². The van der Waals surface area contributed by atoms with Crippen molar-refractivity contribution >= 4 is 7.82 Å². The van der Waals surface area contributed by atoms with Gasteiger partial charge in [-0.25, -0.2) is 0 Å². The Labute approximate surface area is 69.7 Å². The number of phosphoric acid groups is 1. The molecule has 0 aromatic carbocycles. The molecule has 8 heteroatoms. The normalized spacial score (nSPS) is 9.00. The van der Waals surface area contributed by atoms with Gasteiger partial charge in [0.1, 0.15) is 0 Å². The van der Waals surface area contributed by atoms with Gasteiger partial charge in [0.2, 0.25) is 0 Å². The first-order valence-electron chi connectivity index (χ1n) is 1.17. The molecule has 0 fully saturated rings.